The van der Waals surface area contributed by atoms with Gasteiger partial charge in [0.15, 0.2) is 0 Å². The number of benzene rings is 2. The van der Waals surface area contributed by atoms with Gasteiger partial charge in [-0.3, -0.25) is 4.98 Å². The van der Waals surface area contributed by atoms with Crippen LogP contribution in [0, 0.1) is 5.82 Å². The Bertz CT molecular complexity index is 1090. The third kappa shape index (κ3) is 4.36. The molecular formula is C22H22F4N4O. The predicted molar refractivity (Wildman–Crippen MR) is 113 cm³/mol. The lowest BCUT2D eigenvalue weighted by molar-refractivity contribution is -0.137. The van der Waals surface area contributed by atoms with Gasteiger partial charge < -0.3 is 19.9 Å². The van der Waals surface area contributed by atoms with Crippen LogP contribution in [0.25, 0.3) is 10.9 Å². The average Bonchev–Trinajstić information content (AvgIpc) is 2.74. The van der Waals surface area contributed by atoms with Gasteiger partial charge in [-0.25, -0.2) is 4.39 Å². The minimum absolute atomic E-state index is 0.224. The second-order valence-electron chi connectivity index (χ2n) is 7.50. The molecule has 0 radical (unpaired) electrons. The van der Waals surface area contributed by atoms with E-state index in [2.05, 4.69) is 27.1 Å². The van der Waals surface area contributed by atoms with Gasteiger partial charge in [0.1, 0.15) is 11.6 Å². The number of pyridine rings is 1. The molecule has 9 heteroatoms. The topological polar surface area (TPSA) is 40.6 Å². The number of hydrogen-bond acceptors (Lipinski definition) is 5. The van der Waals surface area contributed by atoms with Crippen molar-refractivity contribution in [3.8, 4) is 5.75 Å². The summed E-state index contributed by atoms with van der Waals surface area (Å²) in [5.74, 6) is -0.293. The lowest BCUT2D eigenvalue weighted by Gasteiger charge is -2.35. The molecule has 1 saturated heterocycles. The van der Waals surface area contributed by atoms with Crippen molar-refractivity contribution in [1.82, 2.24) is 9.88 Å². The molecule has 1 fully saturated rings. The summed E-state index contributed by atoms with van der Waals surface area (Å²) in [6, 6.07) is 7.85. The Morgan fingerprint density at radius 1 is 1.00 bits per heavy atom. The van der Waals surface area contributed by atoms with Crippen LogP contribution in [0.4, 0.5) is 34.6 Å². The number of aromatic nitrogens is 1. The molecule has 3 aromatic rings. The van der Waals surface area contributed by atoms with Crippen LogP contribution in [-0.4, -0.2) is 50.2 Å². The zero-order valence-electron chi connectivity index (χ0n) is 17.1. The monoisotopic (exact) mass is 434 g/mol. The summed E-state index contributed by atoms with van der Waals surface area (Å²) in [6.45, 7) is 3.39. The molecule has 0 bridgehead atoms. The molecule has 0 unspecified atom stereocenters. The summed E-state index contributed by atoms with van der Waals surface area (Å²) in [5, 5.41) is 3.48. The van der Waals surface area contributed by atoms with Gasteiger partial charge in [0.25, 0.3) is 0 Å². The number of piperazine rings is 1. The van der Waals surface area contributed by atoms with Gasteiger partial charge in [-0.15, -0.1) is 0 Å². The zero-order valence-corrected chi connectivity index (χ0v) is 17.1. The van der Waals surface area contributed by atoms with Gasteiger partial charge in [-0.05, 0) is 37.4 Å². The van der Waals surface area contributed by atoms with Gasteiger partial charge in [0.2, 0.25) is 0 Å². The number of halogens is 4. The second-order valence-corrected chi connectivity index (χ2v) is 7.50. The number of hydrogen-bond donors (Lipinski definition) is 1. The quantitative estimate of drug-likeness (QED) is 0.592. The van der Waals surface area contributed by atoms with Crippen molar-refractivity contribution < 1.29 is 22.3 Å². The summed E-state index contributed by atoms with van der Waals surface area (Å²) in [7, 11) is 3.64. The van der Waals surface area contributed by atoms with Crippen LogP contribution in [0.5, 0.6) is 5.75 Å². The zero-order chi connectivity index (χ0) is 22.2. The first-order chi connectivity index (χ1) is 14.8. The molecule has 1 N–H and O–H groups in total. The van der Waals surface area contributed by atoms with E-state index < -0.39 is 17.6 Å². The van der Waals surface area contributed by atoms with Crippen LogP contribution < -0.4 is 15.0 Å². The predicted octanol–water partition coefficient (Wildman–Crippen LogP) is 4.90. The first kappa shape index (κ1) is 21.2. The number of alkyl halides is 3. The van der Waals surface area contributed by atoms with Crippen LogP contribution >= 0.6 is 0 Å². The summed E-state index contributed by atoms with van der Waals surface area (Å²) < 4.78 is 59.3. The molecule has 0 amide bonds. The second kappa shape index (κ2) is 8.22. The molecule has 1 aromatic heterocycles. The first-order valence-electron chi connectivity index (χ1n) is 9.80. The number of methoxy groups -OCH3 is 1. The minimum Gasteiger partial charge on any atom is -0.495 e. The van der Waals surface area contributed by atoms with Gasteiger partial charge >= 0.3 is 6.18 Å². The summed E-state index contributed by atoms with van der Waals surface area (Å²) in [6.07, 6.45) is -3.18. The van der Waals surface area contributed by atoms with Gasteiger partial charge in [0.05, 0.1) is 29.6 Å². The molecule has 0 aliphatic carbocycles. The maximum atomic E-state index is 13.5. The lowest BCUT2D eigenvalue weighted by Crippen LogP contribution is -2.44. The Morgan fingerprint density at radius 3 is 2.42 bits per heavy atom. The van der Waals surface area contributed by atoms with E-state index in [9.17, 15) is 17.6 Å². The SMILES string of the molecule is COc1cc2nccc(Nc3ccc(F)cc3C(F)(F)F)c2cc1N1CCN(C)CC1. The fraction of sp³-hybridized carbons (Fsp3) is 0.318. The van der Waals surface area contributed by atoms with Gasteiger partial charge in [0, 0.05) is 49.5 Å². The standard InChI is InChI=1S/C22H22F4N4O/c1-29-7-9-30(10-8-29)20-12-15-17(5-6-27-19(15)13-21(20)31-2)28-18-4-3-14(23)11-16(18)22(24,25)26/h3-6,11-13H,7-10H2,1-2H3,(H,27,28). The Labute approximate surface area is 177 Å². The minimum atomic E-state index is -4.69. The van der Waals surface area contributed by atoms with Gasteiger partial charge in [-0.2, -0.15) is 13.2 Å². The van der Waals surface area contributed by atoms with E-state index in [4.69, 9.17) is 4.74 Å². The maximum absolute atomic E-state index is 13.5. The van der Waals surface area contributed by atoms with E-state index in [-0.39, 0.29) is 5.69 Å². The highest BCUT2D eigenvalue weighted by Gasteiger charge is 2.34. The highest BCUT2D eigenvalue weighted by Crippen LogP contribution is 2.39. The van der Waals surface area contributed by atoms with E-state index in [0.29, 0.717) is 28.4 Å². The Kier molecular flexibility index (Phi) is 5.62. The molecule has 0 spiro atoms. The lowest BCUT2D eigenvalue weighted by atomic mass is 10.1. The van der Waals surface area contributed by atoms with Crippen molar-refractivity contribution in [2.45, 2.75) is 6.18 Å². The molecule has 1 aliphatic rings. The molecule has 0 saturated carbocycles. The number of rotatable bonds is 4. The smallest absolute Gasteiger partial charge is 0.418 e. The van der Waals surface area contributed by atoms with E-state index in [0.717, 1.165) is 44.0 Å². The van der Waals surface area contributed by atoms with Crippen molar-refractivity contribution in [3.63, 3.8) is 0 Å². The summed E-state index contributed by atoms with van der Waals surface area (Å²) in [5.41, 5.74) is 0.591. The third-order valence-electron chi connectivity index (χ3n) is 5.44. The van der Waals surface area contributed by atoms with Gasteiger partial charge in [-0.1, -0.05) is 0 Å². The summed E-state index contributed by atoms with van der Waals surface area (Å²) >= 11 is 0. The van der Waals surface area contributed by atoms with Crippen LogP contribution in [0.15, 0.2) is 42.6 Å². The number of fused-ring (bicyclic) bond motifs is 1. The Balaban J connectivity index is 1.79. The number of anilines is 3. The molecule has 2 aromatic carbocycles. The number of nitrogens with one attached hydrogen (secondary N) is 1. The number of likely N-dealkylation sites (N-methyl/N-ethyl adjacent to an activating group) is 1. The van der Waals surface area contributed by atoms with Crippen LogP contribution in [0.2, 0.25) is 0 Å². The molecule has 2 heterocycles. The fourth-order valence-corrected chi connectivity index (χ4v) is 3.73. The molecule has 31 heavy (non-hydrogen) atoms. The van der Waals surface area contributed by atoms with Crippen molar-refractivity contribution in [3.05, 3.63) is 54.0 Å². The molecule has 0 atom stereocenters. The van der Waals surface area contributed by atoms with E-state index in [1.54, 1.807) is 19.2 Å². The summed E-state index contributed by atoms with van der Waals surface area (Å²) in [4.78, 5) is 8.76. The highest BCUT2D eigenvalue weighted by atomic mass is 19.4. The van der Waals surface area contributed by atoms with Crippen LogP contribution in [0.1, 0.15) is 5.56 Å². The third-order valence-corrected chi connectivity index (χ3v) is 5.44. The number of ether oxygens (including phenoxy) is 1. The highest BCUT2D eigenvalue weighted by molar-refractivity contribution is 5.97. The number of nitrogens with zero attached hydrogens (tertiary/aromatic N) is 3. The maximum Gasteiger partial charge on any atom is 0.418 e. The van der Waals surface area contributed by atoms with Crippen LogP contribution in [0.3, 0.4) is 0 Å². The van der Waals surface area contributed by atoms with Crippen molar-refractivity contribution in [2.75, 3.05) is 50.6 Å². The molecule has 4 rings (SSSR count). The van der Waals surface area contributed by atoms with Crippen molar-refractivity contribution in [1.29, 1.82) is 0 Å². The van der Waals surface area contributed by atoms with E-state index in [1.165, 1.54) is 6.20 Å². The van der Waals surface area contributed by atoms with Crippen molar-refractivity contribution >= 4 is 28.0 Å². The molecular weight excluding hydrogens is 412 g/mol. The van der Waals surface area contributed by atoms with E-state index >= 15 is 0 Å². The first-order valence-corrected chi connectivity index (χ1v) is 9.80. The Hall–Kier alpha value is -3.07. The Morgan fingerprint density at radius 2 is 1.74 bits per heavy atom. The van der Waals surface area contributed by atoms with Crippen LogP contribution in [-0.2, 0) is 6.18 Å². The largest absolute Gasteiger partial charge is 0.495 e. The fourth-order valence-electron chi connectivity index (χ4n) is 3.73. The molecule has 164 valence electrons. The normalized spacial score (nSPS) is 15.4. The molecule has 1 aliphatic heterocycles. The van der Waals surface area contributed by atoms with Crippen molar-refractivity contribution in [2.24, 2.45) is 0 Å². The molecule has 5 nitrogen and oxygen atoms in total. The average molecular weight is 434 g/mol. The van der Waals surface area contributed by atoms with E-state index in [1.807, 2.05) is 6.07 Å².